The molecule has 1 atom stereocenters. The molecule has 19 heavy (non-hydrogen) atoms. The summed E-state index contributed by atoms with van der Waals surface area (Å²) in [5, 5.41) is 5.50. The highest BCUT2D eigenvalue weighted by Gasteiger charge is 2.09. The lowest BCUT2D eigenvalue weighted by atomic mass is 10.1. The third-order valence-corrected chi connectivity index (χ3v) is 2.59. The molecular weight excluding hydrogens is 242 g/mol. The van der Waals surface area contributed by atoms with Gasteiger partial charge in [0, 0.05) is 19.4 Å². The minimum atomic E-state index is -0.171. The van der Waals surface area contributed by atoms with E-state index in [0.29, 0.717) is 24.2 Å². The summed E-state index contributed by atoms with van der Waals surface area (Å²) in [6.07, 6.45) is 0.998. The van der Waals surface area contributed by atoms with Gasteiger partial charge in [0.1, 0.15) is 0 Å². The fourth-order valence-corrected chi connectivity index (χ4v) is 1.63. The molecule has 0 aliphatic carbocycles. The molecule has 1 aromatic carbocycles. The van der Waals surface area contributed by atoms with Crippen LogP contribution in [0.4, 0.5) is 11.4 Å². The van der Waals surface area contributed by atoms with Crippen LogP contribution in [-0.4, -0.2) is 17.9 Å². The average molecular weight is 263 g/mol. The van der Waals surface area contributed by atoms with Gasteiger partial charge in [-0.15, -0.1) is 0 Å². The van der Waals surface area contributed by atoms with E-state index in [0.717, 1.165) is 5.56 Å². The van der Waals surface area contributed by atoms with Crippen molar-refractivity contribution in [2.75, 3.05) is 10.6 Å². The quantitative estimate of drug-likeness (QED) is 0.759. The lowest BCUT2D eigenvalue weighted by Gasteiger charge is -2.13. The highest BCUT2D eigenvalue weighted by atomic mass is 16.2. The predicted molar refractivity (Wildman–Crippen MR) is 77.0 cm³/mol. The maximum Gasteiger partial charge on any atom is 0.224 e. The Labute approximate surface area is 113 Å². The minimum Gasteiger partial charge on any atom is -0.328 e. The van der Waals surface area contributed by atoms with Crippen molar-refractivity contribution in [2.45, 2.75) is 39.7 Å². The van der Waals surface area contributed by atoms with Gasteiger partial charge in [-0.05, 0) is 38.0 Å². The van der Waals surface area contributed by atoms with Crippen LogP contribution in [0.15, 0.2) is 18.2 Å². The van der Waals surface area contributed by atoms with Crippen molar-refractivity contribution >= 4 is 23.2 Å². The Morgan fingerprint density at radius 1 is 1.26 bits per heavy atom. The SMILES string of the molecule is CC(=O)Nc1ccc(C)cc1NC(=O)CCC(C)N. The van der Waals surface area contributed by atoms with Crippen LogP contribution >= 0.6 is 0 Å². The standard InChI is InChI=1S/C14H21N3O2/c1-9-4-6-12(16-11(3)18)13(8-9)17-14(19)7-5-10(2)15/h4,6,8,10H,5,7,15H2,1-3H3,(H,16,18)(H,17,19). The van der Waals surface area contributed by atoms with Gasteiger partial charge in [0.2, 0.25) is 11.8 Å². The first kappa shape index (κ1) is 15.2. The fraction of sp³-hybridized carbons (Fsp3) is 0.429. The number of nitrogens with two attached hydrogens (primary N) is 1. The molecule has 104 valence electrons. The molecule has 4 N–H and O–H groups in total. The Morgan fingerprint density at radius 2 is 1.95 bits per heavy atom. The zero-order chi connectivity index (χ0) is 14.4. The van der Waals surface area contributed by atoms with Gasteiger partial charge < -0.3 is 16.4 Å². The number of rotatable bonds is 5. The number of nitrogens with one attached hydrogen (secondary N) is 2. The highest BCUT2D eigenvalue weighted by Crippen LogP contribution is 2.23. The van der Waals surface area contributed by atoms with Crippen LogP contribution in [0.3, 0.4) is 0 Å². The second kappa shape index (κ2) is 6.89. The summed E-state index contributed by atoms with van der Waals surface area (Å²) in [4.78, 5) is 22.9. The number of aryl methyl sites for hydroxylation is 1. The molecule has 1 unspecified atom stereocenters. The number of amides is 2. The lowest BCUT2D eigenvalue weighted by molar-refractivity contribution is -0.116. The van der Waals surface area contributed by atoms with Gasteiger partial charge in [-0.2, -0.15) is 0 Å². The Kier molecular flexibility index (Phi) is 5.51. The second-order valence-electron chi connectivity index (χ2n) is 4.79. The van der Waals surface area contributed by atoms with Crippen LogP contribution < -0.4 is 16.4 Å². The number of anilines is 2. The first-order valence-electron chi connectivity index (χ1n) is 6.32. The summed E-state index contributed by atoms with van der Waals surface area (Å²) in [5.74, 6) is -0.274. The number of carbonyl (C=O) groups excluding carboxylic acids is 2. The Bertz CT molecular complexity index is 470. The maximum absolute atomic E-state index is 11.8. The molecule has 0 aromatic heterocycles. The number of carbonyl (C=O) groups is 2. The smallest absolute Gasteiger partial charge is 0.224 e. The Hall–Kier alpha value is -1.88. The molecule has 5 nitrogen and oxygen atoms in total. The summed E-state index contributed by atoms with van der Waals surface area (Å²) < 4.78 is 0. The van der Waals surface area contributed by atoms with E-state index in [1.54, 1.807) is 6.07 Å². The van der Waals surface area contributed by atoms with E-state index in [1.165, 1.54) is 6.92 Å². The van der Waals surface area contributed by atoms with Crippen molar-refractivity contribution < 1.29 is 9.59 Å². The molecule has 5 heteroatoms. The molecule has 0 saturated carbocycles. The molecule has 0 spiro atoms. The lowest BCUT2D eigenvalue weighted by Crippen LogP contribution is -2.20. The van der Waals surface area contributed by atoms with Gasteiger partial charge in [0.15, 0.2) is 0 Å². The normalized spacial score (nSPS) is 11.8. The fourth-order valence-electron chi connectivity index (χ4n) is 1.63. The monoisotopic (exact) mass is 263 g/mol. The molecular formula is C14H21N3O2. The van der Waals surface area contributed by atoms with E-state index >= 15 is 0 Å². The molecule has 1 rings (SSSR count). The van der Waals surface area contributed by atoms with Crippen LogP contribution in [0.1, 0.15) is 32.3 Å². The number of hydrogen-bond donors (Lipinski definition) is 3. The summed E-state index contributed by atoms with van der Waals surface area (Å²) in [6, 6.07) is 5.48. The maximum atomic E-state index is 11.8. The van der Waals surface area contributed by atoms with Crippen LogP contribution in [0.5, 0.6) is 0 Å². The molecule has 0 radical (unpaired) electrons. The van der Waals surface area contributed by atoms with Crippen molar-refractivity contribution in [1.82, 2.24) is 0 Å². The second-order valence-corrected chi connectivity index (χ2v) is 4.79. The van der Waals surface area contributed by atoms with E-state index in [9.17, 15) is 9.59 Å². The molecule has 0 saturated heterocycles. The topological polar surface area (TPSA) is 84.2 Å². The van der Waals surface area contributed by atoms with Crippen molar-refractivity contribution in [2.24, 2.45) is 5.73 Å². The van der Waals surface area contributed by atoms with Gasteiger partial charge in [-0.3, -0.25) is 9.59 Å². The highest BCUT2D eigenvalue weighted by molar-refractivity contribution is 5.98. The number of hydrogen-bond acceptors (Lipinski definition) is 3. The first-order chi connectivity index (χ1) is 8.88. The minimum absolute atomic E-state index is 0.00178. The van der Waals surface area contributed by atoms with Crippen molar-refractivity contribution in [3.8, 4) is 0 Å². The third kappa shape index (κ3) is 5.52. The molecule has 0 aliphatic heterocycles. The van der Waals surface area contributed by atoms with Crippen LogP contribution in [0, 0.1) is 6.92 Å². The van der Waals surface area contributed by atoms with Gasteiger partial charge >= 0.3 is 0 Å². The van der Waals surface area contributed by atoms with Crippen molar-refractivity contribution in [3.05, 3.63) is 23.8 Å². The van der Waals surface area contributed by atoms with Crippen LogP contribution in [0.25, 0.3) is 0 Å². The molecule has 0 heterocycles. The molecule has 0 bridgehead atoms. The van der Waals surface area contributed by atoms with Gasteiger partial charge in [0.25, 0.3) is 0 Å². The van der Waals surface area contributed by atoms with E-state index in [4.69, 9.17) is 5.73 Å². The van der Waals surface area contributed by atoms with Gasteiger partial charge in [0.05, 0.1) is 11.4 Å². The van der Waals surface area contributed by atoms with E-state index in [-0.39, 0.29) is 17.9 Å². The van der Waals surface area contributed by atoms with Gasteiger partial charge in [-0.1, -0.05) is 6.07 Å². The van der Waals surface area contributed by atoms with E-state index in [1.807, 2.05) is 26.0 Å². The third-order valence-electron chi connectivity index (χ3n) is 2.59. The first-order valence-corrected chi connectivity index (χ1v) is 6.32. The summed E-state index contributed by atoms with van der Waals surface area (Å²) in [7, 11) is 0. The summed E-state index contributed by atoms with van der Waals surface area (Å²) >= 11 is 0. The molecule has 1 aromatic rings. The van der Waals surface area contributed by atoms with Crippen LogP contribution in [0.2, 0.25) is 0 Å². The molecule has 0 aliphatic rings. The zero-order valence-corrected chi connectivity index (χ0v) is 11.6. The summed E-state index contributed by atoms with van der Waals surface area (Å²) in [5.41, 5.74) is 7.85. The zero-order valence-electron chi connectivity index (χ0n) is 11.6. The van der Waals surface area contributed by atoms with E-state index in [2.05, 4.69) is 10.6 Å². The van der Waals surface area contributed by atoms with Crippen LogP contribution in [-0.2, 0) is 9.59 Å². The van der Waals surface area contributed by atoms with Gasteiger partial charge in [-0.25, -0.2) is 0 Å². The average Bonchev–Trinajstić information content (AvgIpc) is 2.29. The predicted octanol–water partition coefficient (Wildman–Crippen LogP) is 2.02. The van der Waals surface area contributed by atoms with E-state index < -0.39 is 0 Å². The number of benzene rings is 1. The molecule has 2 amide bonds. The van der Waals surface area contributed by atoms with Crippen molar-refractivity contribution in [1.29, 1.82) is 0 Å². The van der Waals surface area contributed by atoms with Crippen molar-refractivity contribution in [3.63, 3.8) is 0 Å². The Morgan fingerprint density at radius 3 is 2.53 bits per heavy atom. The molecule has 0 fully saturated rings. The summed E-state index contributed by atoms with van der Waals surface area (Å²) in [6.45, 7) is 5.22. The Balaban J connectivity index is 2.77. The largest absolute Gasteiger partial charge is 0.328 e.